The Hall–Kier alpha value is -1.98. The Morgan fingerprint density at radius 1 is 1.12 bits per heavy atom. The van der Waals surface area contributed by atoms with E-state index in [2.05, 4.69) is 17.4 Å². The van der Waals surface area contributed by atoms with Gasteiger partial charge in [-0.3, -0.25) is 4.79 Å². The predicted octanol–water partition coefficient (Wildman–Crippen LogP) is 1.62. The zero-order valence-electron chi connectivity index (χ0n) is 14.2. The minimum Gasteiger partial charge on any atom is -0.497 e. The molecule has 1 unspecified atom stereocenters. The van der Waals surface area contributed by atoms with Gasteiger partial charge >= 0.3 is 0 Å². The summed E-state index contributed by atoms with van der Waals surface area (Å²) in [6.45, 7) is 1.98. The number of likely N-dealkylation sites (N-methyl/N-ethyl adjacent to an activating group) is 1. The van der Waals surface area contributed by atoms with E-state index in [4.69, 9.17) is 4.74 Å². The third kappa shape index (κ3) is 6.64. The van der Waals surface area contributed by atoms with Crippen LogP contribution in [0.1, 0.15) is 5.56 Å². The Bertz CT molecular complexity index is 617. The Balaban J connectivity index is 1.64. The van der Waals surface area contributed by atoms with E-state index in [-0.39, 0.29) is 5.91 Å². The first-order valence-electron chi connectivity index (χ1n) is 8.06. The molecule has 0 aliphatic rings. The zero-order chi connectivity index (χ0) is 17.2. The van der Waals surface area contributed by atoms with Crippen LogP contribution in [0.5, 0.6) is 5.75 Å². The van der Waals surface area contributed by atoms with Crippen LogP contribution in [0, 0.1) is 0 Å². The molecule has 0 heterocycles. The second kappa shape index (κ2) is 10.0. The normalized spacial score (nSPS) is 11.8. The molecule has 0 aliphatic carbocycles. The van der Waals surface area contributed by atoms with Crippen molar-refractivity contribution in [2.75, 3.05) is 33.0 Å². The van der Waals surface area contributed by atoms with E-state index < -0.39 is 0 Å². The molecule has 2 aromatic rings. The quantitative estimate of drug-likeness (QED) is 0.536. The molecule has 1 atom stereocenters. The SMILES string of the molecule is COc1ccc(C[NH+](C)CC(=O)NCCSc2ccccc2)cc1. The molecule has 0 aromatic heterocycles. The van der Waals surface area contributed by atoms with Gasteiger partial charge < -0.3 is 15.0 Å². The van der Waals surface area contributed by atoms with Crippen molar-refractivity contribution < 1.29 is 14.4 Å². The van der Waals surface area contributed by atoms with Crippen LogP contribution in [0.15, 0.2) is 59.5 Å². The maximum atomic E-state index is 12.0. The van der Waals surface area contributed by atoms with Gasteiger partial charge in [0.25, 0.3) is 5.91 Å². The van der Waals surface area contributed by atoms with Crippen molar-refractivity contribution >= 4 is 17.7 Å². The number of hydrogen-bond donors (Lipinski definition) is 2. The Morgan fingerprint density at radius 2 is 1.83 bits per heavy atom. The number of carbonyl (C=O) groups is 1. The lowest BCUT2D eigenvalue weighted by molar-refractivity contribution is -0.885. The van der Waals surface area contributed by atoms with E-state index in [1.807, 2.05) is 49.5 Å². The summed E-state index contributed by atoms with van der Waals surface area (Å²) in [6, 6.07) is 18.2. The molecule has 4 nitrogen and oxygen atoms in total. The number of nitrogens with one attached hydrogen (secondary N) is 2. The van der Waals surface area contributed by atoms with Gasteiger partial charge in [0.1, 0.15) is 12.3 Å². The van der Waals surface area contributed by atoms with Crippen molar-refractivity contribution in [3.8, 4) is 5.75 Å². The molecule has 0 bridgehead atoms. The Morgan fingerprint density at radius 3 is 2.50 bits per heavy atom. The average Bonchev–Trinajstić information content (AvgIpc) is 2.60. The fraction of sp³-hybridized carbons (Fsp3) is 0.316. The molecular formula is C19H25N2O2S+. The summed E-state index contributed by atoms with van der Waals surface area (Å²) in [5.74, 6) is 1.83. The smallest absolute Gasteiger partial charge is 0.275 e. The number of hydrogen-bond acceptors (Lipinski definition) is 3. The molecule has 0 saturated carbocycles. The largest absolute Gasteiger partial charge is 0.497 e. The number of quaternary nitrogens is 1. The number of carbonyl (C=O) groups excluding carboxylic acids is 1. The van der Waals surface area contributed by atoms with Gasteiger partial charge in [0.15, 0.2) is 6.54 Å². The number of methoxy groups -OCH3 is 1. The molecule has 0 aliphatic heterocycles. The molecule has 5 heteroatoms. The fourth-order valence-electron chi connectivity index (χ4n) is 2.37. The van der Waals surface area contributed by atoms with E-state index in [0.29, 0.717) is 13.1 Å². The zero-order valence-corrected chi connectivity index (χ0v) is 15.1. The number of ether oxygens (including phenoxy) is 1. The average molecular weight is 345 g/mol. The number of amides is 1. The summed E-state index contributed by atoms with van der Waals surface area (Å²) in [4.78, 5) is 14.4. The molecule has 0 radical (unpaired) electrons. The molecule has 0 fully saturated rings. The number of rotatable bonds is 9. The first-order valence-corrected chi connectivity index (χ1v) is 9.04. The van der Waals surface area contributed by atoms with Crippen molar-refractivity contribution in [1.29, 1.82) is 0 Å². The van der Waals surface area contributed by atoms with Gasteiger partial charge in [-0.05, 0) is 36.4 Å². The van der Waals surface area contributed by atoms with Crippen LogP contribution in [0.25, 0.3) is 0 Å². The van der Waals surface area contributed by atoms with Gasteiger partial charge in [-0.25, -0.2) is 0 Å². The third-order valence-electron chi connectivity index (χ3n) is 3.56. The summed E-state index contributed by atoms with van der Waals surface area (Å²) < 4.78 is 5.15. The highest BCUT2D eigenvalue weighted by molar-refractivity contribution is 7.99. The van der Waals surface area contributed by atoms with Crippen molar-refractivity contribution in [1.82, 2.24) is 5.32 Å². The first kappa shape index (κ1) is 18.4. The van der Waals surface area contributed by atoms with Crippen molar-refractivity contribution in [3.05, 3.63) is 60.2 Å². The van der Waals surface area contributed by atoms with Crippen molar-refractivity contribution in [2.24, 2.45) is 0 Å². The Kier molecular flexibility index (Phi) is 7.65. The Labute approximate surface area is 148 Å². The topological polar surface area (TPSA) is 42.8 Å². The van der Waals surface area contributed by atoms with Gasteiger partial charge in [-0.2, -0.15) is 0 Å². The number of benzene rings is 2. The molecule has 24 heavy (non-hydrogen) atoms. The monoisotopic (exact) mass is 345 g/mol. The van der Waals surface area contributed by atoms with E-state index in [0.717, 1.165) is 22.9 Å². The van der Waals surface area contributed by atoms with E-state index in [9.17, 15) is 4.79 Å². The van der Waals surface area contributed by atoms with Gasteiger partial charge in [-0.15, -0.1) is 11.8 Å². The second-order valence-corrected chi connectivity index (χ2v) is 6.84. The molecule has 0 spiro atoms. The van der Waals surface area contributed by atoms with E-state index in [1.165, 1.54) is 10.5 Å². The number of thioether (sulfide) groups is 1. The van der Waals surface area contributed by atoms with Gasteiger partial charge in [0.2, 0.25) is 0 Å². The standard InChI is InChI=1S/C19H24N2O2S/c1-21(14-16-8-10-17(23-2)11-9-16)15-19(22)20-12-13-24-18-6-4-3-5-7-18/h3-11H,12-15H2,1-2H3,(H,20,22)/p+1. The van der Waals surface area contributed by atoms with Crippen LogP contribution in [0.3, 0.4) is 0 Å². The highest BCUT2D eigenvalue weighted by Crippen LogP contribution is 2.15. The molecular weight excluding hydrogens is 320 g/mol. The van der Waals surface area contributed by atoms with Gasteiger partial charge in [-0.1, -0.05) is 18.2 Å². The minimum absolute atomic E-state index is 0.0923. The van der Waals surface area contributed by atoms with Crippen LogP contribution in [0.2, 0.25) is 0 Å². The lowest BCUT2D eigenvalue weighted by Crippen LogP contribution is -3.08. The second-order valence-electron chi connectivity index (χ2n) is 5.67. The van der Waals surface area contributed by atoms with Gasteiger partial charge in [0.05, 0.1) is 14.2 Å². The maximum absolute atomic E-state index is 12.0. The molecule has 0 saturated heterocycles. The fourth-order valence-corrected chi connectivity index (χ4v) is 3.16. The van der Waals surface area contributed by atoms with Crippen LogP contribution in [-0.2, 0) is 11.3 Å². The molecule has 2 aromatic carbocycles. The summed E-state index contributed by atoms with van der Waals surface area (Å²) in [5, 5.41) is 2.99. The van der Waals surface area contributed by atoms with Crippen LogP contribution < -0.4 is 15.0 Å². The summed E-state index contributed by atoms with van der Waals surface area (Å²) in [6.07, 6.45) is 0. The molecule has 2 N–H and O–H groups in total. The predicted molar refractivity (Wildman–Crippen MR) is 98.6 cm³/mol. The lowest BCUT2D eigenvalue weighted by atomic mass is 10.2. The molecule has 128 valence electrons. The van der Waals surface area contributed by atoms with Crippen LogP contribution in [0.4, 0.5) is 0 Å². The molecule has 2 rings (SSSR count). The van der Waals surface area contributed by atoms with Crippen molar-refractivity contribution in [3.63, 3.8) is 0 Å². The third-order valence-corrected chi connectivity index (χ3v) is 4.58. The van der Waals surface area contributed by atoms with Crippen LogP contribution >= 0.6 is 11.8 Å². The summed E-state index contributed by atoms with van der Waals surface area (Å²) in [5.41, 5.74) is 1.20. The minimum atomic E-state index is 0.0923. The highest BCUT2D eigenvalue weighted by Gasteiger charge is 2.10. The van der Waals surface area contributed by atoms with E-state index >= 15 is 0 Å². The van der Waals surface area contributed by atoms with Crippen molar-refractivity contribution in [2.45, 2.75) is 11.4 Å². The highest BCUT2D eigenvalue weighted by atomic mass is 32.2. The summed E-state index contributed by atoms with van der Waals surface area (Å²) in [7, 11) is 3.69. The maximum Gasteiger partial charge on any atom is 0.275 e. The summed E-state index contributed by atoms with van der Waals surface area (Å²) >= 11 is 1.75. The first-order chi connectivity index (χ1) is 11.7. The van der Waals surface area contributed by atoms with E-state index in [1.54, 1.807) is 18.9 Å². The van der Waals surface area contributed by atoms with Crippen LogP contribution in [-0.4, -0.2) is 38.9 Å². The van der Waals surface area contributed by atoms with Gasteiger partial charge in [0, 0.05) is 22.8 Å². The molecule has 1 amide bonds. The lowest BCUT2D eigenvalue weighted by Gasteiger charge is -2.14.